The quantitative estimate of drug-likeness (QED) is 0.578. The summed E-state index contributed by atoms with van der Waals surface area (Å²) in [6, 6.07) is 11.1. The summed E-state index contributed by atoms with van der Waals surface area (Å²) in [5.41, 5.74) is 1.38. The maximum Gasteiger partial charge on any atom is 0.0323 e. The molecule has 1 heteroatoms. The minimum Gasteiger partial charge on any atom is -0.309 e. The molecule has 0 heterocycles. The van der Waals surface area contributed by atoms with E-state index in [0.717, 1.165) is 13.0 Å². The van der Waals surface area contributed by atoms with Gasteiger partial charge in [-0.1, -0.05) is 44.2 Å². The molecule has 0 aliphatic heterocycles. The molecule has 1 nitrogen and oxygen atoms in total. The molecule has 1 rings (SSSR count). The van der Waals surface area contributed by atoms with Crippen molar-refractivity contribution in [3.8, 4) is 11.8 Å². The Kier molecular flexibility index (Phi) is 6.43. The third-order valence-electron chi connectivity index (χ3n) is 2.73. The van der Waals surface area contributed by atoms with Crippen LogP contribution in [0, 0.1) is 17.8 Å². The van der Waals surface area contributed by atoms with E-state index in [9.17, 15) is 0 Å². The summed E-state index contributed by atoms with van der Waals surface area (Å²) in [5, 5.41) is 3.60. The lowest BCUT2D eigenvalue weighted by Crippen LogP contribution is -2.23. The van der Waals surface area contributed by atoms with Crippen molar-refractivity contribution in [2.45, 2.75) is 39.7 Å². The summed E-state index contributed by atoms with van der Waals surface area (Å²) in [6.07, 6.45) is 2.10. The highest BCUT2D eigenvalue weighted by molar-refractivity contribution is 5.19. The molecule has 1 unspecified atom stereocenters. The largest absolute Gasteiger partial charge is 0.309 e. The molecule has 0 fully saturated rings. The molecular weight excluding hydrogens is 206 g/mol. The van der Waals surface area contributed by atoms with Crippen molar-refractivity contribution in [2.75, 3.05) is 6.54 Å². The van der Waals surface area contributed by atoms with Gasteiger partial charge in [-0.25, -0.2) is 0 Å². The van der Waals surface area contributed by atoms with Crippen molar-refractivity contribution in [1.82, 2.24) is 5.32 Å². The molecule has 1 N–H and O–H groups in total. The van der Waals surface area contributed by atoms with Crippen LogP contribution in [0.25, 0.3) is 0 Å². The molecule has 0 spiro atoms. The monoisotopic (exact) mass is 229 g/mol. The smallest absolute Gasteiger partial charge is 0.0323 e. The number of hydrogen-bond acceptors (Lipinski definition) is 1. The van der Waals surface area contributed by atoms with E-state index < -0.39 is 0 Å². The zero-order valence-corrected chi connectivity index (χ0v) is 11.2. The van der Waals surface area contributed by atoms with E-state index in [4.69, 9.17) is 0 Å². The maximum atomic E-state index is 3.60. The highest BCUT2D eigenvalue weighted by Gasteiger charge is 2.11. The Hall–Kier alpha value is -1.26. The third-order valence-corrected chi connectivity index (χ3v) is 2.73. The molecule has 0 saturated carbocycles. The molecule has 1 aromatic rings. The zero-order chi connectivity index (χ0) is 12.5. The zero-order valence-electron chi connectivity index (χ0n) is 11.2. The Morgan fingerprint density at radius 1 is 1.18 bits per heavy atom. The van der Waals surface area contributed by atoms with Gasteiger partial charge >= 0.3 is 0 Å². The van der Waals surface area contributed by atoms with E-state index in [0.29, 0.717) is 12.0 Å². The molecule has 0 saturated heterocycles. The minimum absolute atomic E-state index is 0.454. The summed E-state index contributed by atoms with van der Waals surface area (Å²) in [7, 11) is 0. The molecule has 1 atom stereocenters. The van der Waals surface area contributed by atoms with E-state index in [1.54, 1.807) is 0 Å². The average Bonchev–Trinajstić information content (AvgIpc) is 2.34. The molecule has 1 aromatic carbocycles. The Balaban J connectivity index is 2.57. The number of nitrogens with one attached hydrogen (secondary N) is 1. The van der Waals surface area contributed by atoms with E-state index in [-0.39, 0.29) is 0 Å². The molecule has 0 amide bonds. The lowest BCUT2D eigenvalue weighted by atomic mass is 9.97. The molecule has 17 heavy (non-hydrogen) atoms. The van der Waals surface area contributed by atoms with Gasteiger partial charge in [0.15, 0.2) is 0 Å². The van der Waals surface area contributed by atoms with Gasteiger partial charge in [-0.3, -0.25) is 0 Å². The van der Waals surface area contributed by atoms with E-state index in [1.165, 1.54) is 12.0 Å². The van der Waals surface area contributed by atoms with Crippen molar-refractivity contribution in [3.05, 3.63) is 35.9 Å². The van der Waals surface area contributed by atoms with Gasteiger partial charge in [0.1, 0.15) is 0 Å². The molecule has 0 aromatic heterocycles. The summed E-state index contributed by atoms with van der Waals surface area (Å²) >= 11 is 0. The van der Waals surface area contributed by atoms with Crippen LogP contribution in [0.4, 0.5) is 0 Å². The first-order valence-corrected chi connectivity index (χ1v) is 6.42. The van der Waals surface area contributed by atoms with E-state index in [1.807, 2.05) is 6.92 Å². The summed E-state index contributed by atoms with van der Waals surface area (Å²) in [5.74, 6) is 6.73. The van der Waals surface area contributed by atoms with E-state index in [2.05, 4.69) is 61.3 Å². The molecule has 0 bridgehead atoms. The summed E-state index contributed by atoms with van der Waals surface area (Å²) < 4.78 is 0. The van der Waals surface area contributed by atoms with Crippen LogP contribution in [-0.4, -0.2) is 6.54 Å². The first kappa shape index (κ1) is 13.8. The van der Waals surface area contributed by atoms with Crippen LogP contribution in [-0.2, 0) is 0 Å². The van der Waals surface area contributed by atoms with Crippen molar-refractivity contribution in [3.63, 3.8) is 0 Å². The van der Waals surface area contributed by atoms with Crippen molar-refractivity contribution in [1.29, 1.82) is 0 Å². The van der Waals surface area contributed by atoms with Crippen LogP contribution in [0.3, 0.4) is 0 Å². The fourth-order valence-corrected chi connectivity index (χ4v) is 1.93. The fraction of sp³-hybridized carbons (Fsp3) is 0.500. The van der Waals surface area contributed by atoms with Gasteiger partial charge in [0, 0.05) is 19.0 Å². The Morgan fingerprint density at radius 2 is 1.88 bits per heavy atom. The van der Waals surface area contributed by atoms with Crippen LogP contribution in [0.1, 0.15) is 45.2 Å². The second-order valence-corrected chi connectivity index (χ2v) is 4.72. The second kappa shape index (κ2) is 7.92. The Morgan fingerprint density at radius 3 is 2.47 bits per heavy atom. The van der Waals surface area contributed by atoms with Crippen LogP contribution >= 0.6 is 0 Å². The third kappa shape index (κ3) is 5.56. The number of rotatable bonds is 6. The van der Waals surface area contributed by atoms with Gasteiger partial charge in [0.25, 0.3) is 0 Å². The SMILES string of the molecule is CC#CCCNC(CC(C)C)c1ccccc1. The van der Waals surface area contributed by atoms with Gasteiger partial charge in [0.2, 0.25) is 0 Å². The van der Waals surface area contributed by atoms with Crippen molar-refractivity contribution < 1.29 is 0 Å². The second-order valence-electron chi connectivity index (χ2n) is 4.72. The van der Waals surface area contributed by atoms with E-state index >= 15 is 0 Å². The van der Waals surface area contributed by atoms with Gasteiger partial charge in [0.05, 0.1) is 0 Å². The van der Waals surface area contributed by atoms with Gasteiger partial charge in [-0.05, 0) is 24.8 Å². The standard InChI is InChI=1S/C16H23N/c1-4-5-9-12-17-16(13-14(2)3)15-10-7-6-8-11-15/h6-8,10-11,14,16-17H,9,12-13H2,1-3H3. The van der Waals surface area contributed by atoms with Crippen molar-refractivity contribution >= 4 is 0 Å². The van der Waals surface area contributed by atoms with Crippen molar-refractivity contribution in [2.24, 2.45) is 5.92 Å². The van der Waals surface area contributed by atoms with Crippen LogP contribution < -0.4 is 5.32 Å². The topological polar surface area (TPSA) is 12.0 Å². The molecule has 0 aliphatic rings. The fourth-order valence-electron chi connectivity index (χ4n) is 1.93. The Labute approximate surface area is 106 Å². The van der Waals surface area contributed by atoms with Gasteiger partial charge in [-0.15, -0.1) is 11.8 Å². The predicted octanol–water partition coefficient (Wildman–Crippen LogP) is 3.78. The van der Waals surface area contributed by atoms with Crippen LogP contribution in [0.15, 0.2) is 30.3 Å². The minimum atomic E-state index is 0.454. The first-order valence-electron chi connectivity index (χ1n) is 6.42. The average molecular weight is 229 g/mol. The number of benzene rings is 1. The Bertz CT molecular complexity index is 356. The lowest BCUT2D eigenvalue weighted by molar-refractivity contribution is 0.434. The van der Waals surface area contributed by atoms with Gasteiger partial charge < -0.3 is 5.32 Å². The summed E-state index contributed by atoms with van der Waals surface area (Å²) in [6.45, 7) is 7.39. The molecular formula is C16H23N. The van der Waals surface area contributed by atoms with Gasteiger partial charge in [-0.2, -0.15) is 0 Å². The molecule has 92 valence electrons. The lowest BCUT2D eigenvalue weighted by Gasteiger charge is -2.20. The predicted molar refractivity (Wildman–Crippen MR) is 74.7 cm³/mol. The molecule has 0 radical (unpaired) electrons. The highest BCUT2D eigenvalue weighted by Crippen LogP contribution is 2.20. The first-order chi connectivity index (χ1) is 8.24. The highest BCUT2D eigenvalue weighted by atomic mass is 14.9. The number of hydrogen-bond donors (Lipinski definition) is 1. The maximum absolute atomic E-state index is 3.60. The normalized spacial score (nSPS) is 12.0. The van der Waals surface area contributed by atoms with Crippen LogP contribution in [0.2, 0.25) is 0 Å². The summed E-state index contributed by atoms with van der Waals surface area (Å²) in [4.78, 5) is 0. The molecule has 0 aliphatic carbocycles. The van der Waals surface area contributed by atoms with Crippen LogP contribution in [0.5, 0.6) is 0 Å².